The van der Waals surface area contributed by atoms with Crippen molar-refractivity contribution in [2.75, 3.05) is 11.9 Å². The van der Waals surface area contributed by atoms with E-state index in [9.17, 15) is 4.79 Å². The number of ether oxygens (including phenoxy) is 1. The van der Waals surface area contributed by atoms with E-state index >= 15 is 0 Å². The van der Waals surface area contributed by atoms with Crippen LogP contribution in [0.5, 0.6) is 5.75 Å². The van der Waals surface area contributed by atoms with Gasteiger partial charge < -0.3 is 14.5 Å². The highest BCUT2D eigenvalue weighted by atomic mass is 32.2. The molecule has 25 heavy (non-hydrogen) atoms. The molecule has 1 heterocycles. The first-order valence-electron chi connectivity index (χ1n) is 8.05. The van der Waals surface area contributed by atoms with Gasteiger partial charge in [0.05, 0.1) is 12.4 Å². The topological polar surface area (TPSA) is 51.5 Å². The third-order valence-corrected chi connectivity index (χ3v) is 4.47. The Morgan fingerprint density at radius 1 is 1.04 bits per heavy atom. The monoisotopic (exact) mass is 353 g/mol. The van der Waals surface area contributed by atoms with Crippen molar-refractivity contribution in [2.24, 2.45) is 0 Å². The number of hydrogen-bond donors (Lipinski definition) is 1. The van der Waals surface area contributed by atoms with Crippen LogP contribution in [0.15, 0.2) is 76.0 Å². The van der Waals surface area contributed by atoms with Gasteiger partial charge in [0, 0.05) is 10.6 Å². The lowest BCUT2D eigenvalue weighted by Crippen LogP contribution is -2.10. The van der Waals surface area contributed by atoms with Crippen molar-refractivity contribution in [3.63, 3.8) is 0 Å². The van der Waals surface area contributed by atoms with Crippen molar-refractivity contribution in [3.8, 4) is 5.75 Å². The lowest BCUT2D eigenvalue weighted by molar-refractivity contribution is 0.0995. The fourth-order valence-corrected chi connectivity index (χ4v) is 3.06. The minimum atomic E-state index is -0.264. The van der Waals surface area contributed by atoms with Gasteiger partial charge >= 0.3 is 0 Å². The molecule has 1 N–H and O–H groups in total. The van der Waals surface area contributed by atoms with Crippen molar-refractivity contribution in [1.82, 2.24) is 0 Å². The van der Waals surface area contributed by atoms with Gasteiger partial charge in [-0.15, -0.1) is 11.8 Å². The molecule has 2 aromatic carbocycles. The Morgan fingerprint density at radius 2 is 1.80 bits per heavy atom. The third-order valence-electron chi connectivity index (χ3n) is 3.43. The highest BCUT2D eigenvalue weighted by molar-refractivity contribution is 7.98. The standard InChI is InChI=1S/C20H19NO3S/c1-2-23-16-10-8-15(9-11-16)21-20(22)19-13-12-17(24-19)14-25-18-6-4-3-5-7-18/h3-13H,2,14H2,1H3,(H,21,22). The summed E-state index contributed by atoms with van der Waals surface area (Å²) in [4.78, 5) is 13.4. The Morgan fingerprint density at radius 3 is 2.52 bits per heavy atom. The lowest BCUT2D eigenvalue weighted by Gasteiger charge is -2.06. The predicted octanol–water partition coefficient (Wildman–Crippen LogP) is 5.22. The van der Waals surface area contributed by atoms with E-state index in [0.717, 1.165) is 11.5 Å². The molecule has 0 aliphatic heterocycles. The van der Waals surface area contributed by atoms with Crippen LogP contribution in [-0.2, 0) is 5.75 Å². The average Bonchev–Trinajstić information content (AvgIpc) is 3.12. The third kappa shape index (κ3) is 4.90. The van der Waals surface area contributed by atoms with Crippen molar-refractivity contribution in [2.45, 2.75) is 17.6 Å². The van der Waals surface area contributed by atoms with Crippen molar-refractivity contribution in [3.05, 3.63) is 78.3 Å². The molecule has 4 nitrogen and oxygen atoms in total. The maximum absolute atomic E-state index is 12.3. The SMILES string of the molecule is CCOc1ccc(NC(=O)c2ccc(CSc3ccccc3)o2)cc1. The van der Waals surface area contributed by atoms with Crippen LogP contribution in [0.1, 0.15) is 23.2 Å². The zero-order chi connectivity index (χ0) is 17.5. The van der Waals surface area contributed by atoms with Gasteiger partial charge in [-0.1, -0.05) is 18.2 Å². The fourth-order valence-electron chi connectivity index (χ4n) is 2.24. The van der Waals surface area contributed by atoms with Crippen LogP contribution in [-0.4, -0.2) is 12.5 Å². The van der Waals surface area contributed by atoms with Gasteiger partial charge in [0.15, 0.2) is 5.76 Å². The number of furan rings is 1. The van der Waals surface area contributed by atoms with Gasteiger partial charge in [0.1, 0.15) is 11.5 Å². The minimum absolute atomic E-state index is 0.264. The highest BCUT2D eigenvalue weighted by Crippen LogP contribution is 2.24. The van der Waals surface area contributed by atoms with E-state index in [1.807, 2.05) is 55.5 Å². The molecule has 1 amide bonds. The van der Waals surface area contributed by atoms with Crippen molar-refractivity contribution in [1.29, 1.82) is 0 Å². The Hall–Kier alpha value is -2.66. The Balaban J connectivity index is 1.56. The van der Waals surface area contributed by atoms with E-state index in [1.165, 1.54) is 4.90 Å². The number of anilines is 1. The van der Waals surface area contributed by atoms with Gasteiger partial charge in [-0.05, 0) is 55.5 Å². The van der Waals surface area contributed by atoms with E-state index in [4.69, 9.17) is 9.15 Å². The summed E-state index contributed by atoms with van der Waals surface area (Å²) >= 11 is 1.67. The summed E-state index contributed by atoms with van der Waals surface area (Å²) < 4.78 is 11.0. The van der Waals surface area contributed by atoms with Crippen LogP contribution in [0.2, 0.25) is 0 Å². The minimum Gasteiger partial charge on any atom is -0.494 e. The first kappa shape index (κ1) is 17.2. The molecule has 0 aliphatic rings. The number of carbonyl (C=O) groups excluding carboxylic acids is 1. The summed E-state index contributed by atoms with van der Waals surface area (Å²) in [6, 6.07) is 20.9. The lowest BCUT2D eigenvalue weighted by atomic mass is 10.3. The number of rotatable bonds is 7. The second-order valence-electron chi connectivity index (χ2n) is 5.28. The van der Waals surface area contributed by atoms with Crippen LogP contribution >= 0.6 is 11.8 Å². The fraction of sp³-hybridized carbons (Fsp3) is 0.150. The molecule has 3 aromatic rings. The van der Waals surface area contributed by atoms with E-state index < -0.39 is 0 Å². The molecule has 128 valence electrons. The van der Waals surface area contributed by atoms with E-state index in [1.54, 1.807) is 30.0 Å². The molecule has 0 unspecified atom stereocenters. The van der Waals surface area contributed by atoms with Gasteiger partial charge in [-0.25, -0.2) is 0 Å². The van der Waals surface area contributed by atoms with Gasteiger partial charge in [0.25, 0.3) is 5.91 Å². The maximum atomic E-state index is 12.3. The first-order chi connectivity index (χ1) is 12.2. The van der Waals surface area contributed by atoms with E-state index in [-0.39, 0.29) is 5.91 Å². The highest BCUT2D eigenvalue weighted by Gasteiger charge is 2.12. The molecule has 3 rings (SSSR count). The normalized spacial score (nSPS) is 10.4. The van der Waals surface area contributed by atoms with Crippen molar-refractivity contribution < 1.29 is 13.9 Å². The van der Waals surface area contributed by atoms with Crippen LogP contribution in [0.4, 0.5) is 5.69 Å². The zero-order valence-electron chi connectivity index (χ0n) is 13.9. The smallest absolute Gasteiger partial charge is 0.291 e. The quantitative estimate of drug-likeness (QED) is 0.592. The summed E-state index contributed by atoms with van der Waals surface area (Å²) in [7, 11) is 0. The van der Waals surface area contributed by atoms with E-state index in [2.05, 4.69) is 5.32 Å². The maximum Gasteiger partial charge on any atom is 0.291 e. The van der Waals surface area contributed by atoms with Crippen LogP contribution in [0.25, 0.3) is 0 Å². The Kier molecular flexibility index (Phi) is 5.80. The molecule has 0 atom stereocenters. The largest absolute Gasteiger partial charge is 0.494 e. The van der Waals surface area contributed by atoms with Crippen molar-refractivity contribution >= 4 is 23.4 Å². The van der Waals surface area contributed by atoms with Crippen LogP contribution < -0.4 is 10.1 Å². The van der Waals surface area contributed by atoms with Gasteiger partial charge in [0.2, 0.25) is 0 Å². The number of benzene rings is 2. The van der Waals surface area contributed by atoms with Gasteiger partial charge in [-0.3, -0.25) is 4.79 Å². The summed E-state index contributed by atoms with van der Waals surface area (Å²) in [6.45, 7) is 2.54. The molecule has 0 saturated heterocycles. The van der Waals surface area contributed by atoms with Gasteiger partial charge in [-0.2, -0.15) is 0 Å². The van der Waals surface area contributed by atoms with Crippen LogP contribution in [0.3, 0.4) is 0 Å². The molecular formula is C20H19NO3S. The average molecular weight is 353 g/mol. The molecule has 0 saturated carbocycles. The molecular weight excluding hydrogens is 334 g/mol. The number of thioether (sulfide) groups is 1. The molecule has 1 aromatic heterocycles. The van der Waals surface area contributed by atoms with Crippen LogP contribution in [0, 0.1) is 0 Å². The molecule has 0 spiro atoms. The molecule has 0 fully saturated rings. The molecule has 0 radical (unpaired) electrons. The Labute approximate surface area is 151 Å². The first-order valence-corrected chi connectivity index (χ1v) is 9.04. The molecule has 0 aliphatic carbocycles. The number of nitrogens with one attached hydrogen (secondary N) is 1. The summed E-state index contributed by atoms with van der Waals surface area (Å²) in [5.41, 5.74) is 0.699. The Bertz CT molecular complexity index is 812. The predicted molar refractivity (Wildman–Crippen MR) is 100 cm³/mol. The molecule has 0 bridgehead atoms. The summed E-state index contributed by atoms with van der Waals surface area (Å²) in [5, 5.41) is 2.82. The second kappa shape index (κ2) is 8.44. The second-order valence-corrected chi connectivity index (χ2v) is 6.33. The number of amides is 1. The zero-order valence-corrected chi connectivity index (χ0v) is 14.7. The summed E-state index contributed by atoms with van der Waals surface area (Å²) in [5.74, 6) is 2.27. The molecule has 5 heteroatoms. The number of hydrogen-bond acceptors (Lipinski definition) is 4. The van der Waals surface area contributed by atoms with E-state index in [0.29, 0.717) is 23.8 Å². The summed E-state index contributed by atoms with van der Waals surface area (Å²) in [6.07, 6.45) is 0. The number of carbonyl (C=O) groups is 1.